The highest BCUT2D eigenvalue weighted by molar-refractivity contribution is 8.04. The van der Waals surface area contributed by atoms with Gasteiger partial charge in [-0.1, -0.05) is 6.92 Å². The number of rotatable bonds is 2. The summed E-state index contributed by atoms with van der Waals surface area (Å²) in [6.07, 6.45) is 0. The molecule has 0 aliphatic carbocycles. The average Bonchev–Trinajstić information content (AvgIpc) is 2.52. The van der Waals surface area contributed by atoms with Gasteiger partial charge >= 0.3 is 11.9 Å². The number of esters is 2. The van der Waals surface area contributed by atoms with Crippen LogP contribution in [0.4, 0.5) is 0 Å². The van der Waals surface area contributed by atoms with Crippen molar-refractivity contribution in [2.45, 2.75) is 19.1 Å². The number of carbonyl (C=O) groups is 2. The molecule has 2 unspecified atom stereocenters. The number of methoxy groups -OCH3 is 2. The largest absolute Gasteiger partial charge is 0.468 e. The zero-order valence-corrected chi connectivity index (χ0v) is 10.0. The Hall–Kier alpha value is -0.970. The summed E-state index contributed by atoms with van der Waals surface area (Å²) < 4.78 is 9.35. The van der Waals surface area contributed by atoms with E-state index in [0.29, 0.717) is 5.57 Å². The number of thioether (sulfide) groups is 1. The van der Waals surface area contributed by atoms with E-state index in [-0.39, 0.29) is 23.1 Å². The summed E-state index contributed by atoms with van der Waals surface area (Å²) in [6, 6.07) is 0. The van der Waals surface area contributed by atoms with Crippen molar-refractivity contribution in [3.63, 3.8) is 0 Å². The van der Waals surface area contributed by atoms with Gasteiger partial charge in [-0.05, 0) is 11.8 Å². The van der Waals surface area contributed by atoms with Crippen LogP contribution in [0.5, 0.6) is 0 Å². The quantitative estimate of drug-likeness (QED) is 0.670. The molecule has 1 rings (SSSR count). The van der Waals surface area contributed by atoms with Crippen molar-refractivity contribution in [1.82, 2.24) is 0 Å². The molecule has 0 saturated carbocycles. The number of hydrogen-bond donors (Lipinski definition) is 0. The van der Waals surface area contributed by atoms with Crippen LogP contribution in [-0.2, 0) is 19.1 Å². The maximum absolute atomic E-state index is 11.4. The minimum absolute atomic E-state index is 0.158. The van der Waals surface area contributed by atoms with Gasteiger partial charge in [-0.25, -0.2) is 4.79 Å². The Bertz CT molecular complexity index is 321. The minimum atomic E-state index is -0.362. The van der Waals surface area contributed by atoms with Crippen LogP contribution in [0, 0.1) is 5.92 Å². The number of carbonyl (C=O) groups excluding carboxylic acids is 2. The van der Waals surface area contributed by atoms with Crippen LogP contribution >= 0.6 is 11.8 Å². The topological polar surface area (TPSA) is 52.6 Å². The first-order valence-corrected chi connectivity index (χ1v) is 5.44. The molecule has 0 aromatic rings. The predicted octanol–water partition coefficient (Wildman–Crippen LogP) is 1.36. The first kappa shape index (κ1) is 12.1. The van der Waals surface area contributed by atoms with Gasteiger partial charge in [0.1, 0.15) is 5.25 Å². The molecule has 4 nitrogen and oxygen atoms in total. The van der Waals surface area contributed by atoms with Crippen molar-refractivity contribution < 1.29 is 19.1 Å². The first-order chi connectivity index (χ1) is 7.02. The molecule has 1 heterocycles. The number of hydrogen-bond acceptors (Lipinski definition) is 5. The van der Waals surface area contributed by atoms with Crippen molar-refractivity contribution >= 4 is 23.7 Å². The van der Waals surface area contributed by atoms with Crippen LogP contribution in [0.15, 0.2) is 10.5 Å². The van der Waals surface area contributed by atoms with Gasteiger partial charge in [0.2, 0.25) is 0 Å². The van der Waals surface area contributed by atoms with E-state index in [1.54, 1.807) is 0 Å². The molecule has 1 aliphatic rings. The second-order valence-corrected chi connectivity index (χ2v) is 4.67. The van der Waals surface area contributed by atoms with Gasteiger partial charge in [-0.3, -0.25) is 4.79 Å². The van der Waals surface area contributed by atoms with Gasteiger partial charge in [-0.15, -0.1) is 11.8 Å². The van der Waals surface area contributed by atoms with E-state index in [0.717, 1.165) is 4.91 Å². The van der Waals surface area contributed by atoms with Crippen LogP contribution in [-0.4, -0.2) is 31.4 Å². The average molecular weight is 230 g/mol. The van der Waals surface area contributed by atoms with Gasteiger partial charge in [0.25, 0.3) is 0 Å². The van der Waals surface area contributed by atoms with Crippen LogP contribution in [0.25, 0.3) is 0 Å². The zero-order valence-electron chi connectivity index (χ0n) is 9.20. The maximum atomic E-state index is 11.4. The molecule has 0 fully saturated rings. The fourth-order valence-electron chi connectivity index (χ4n) is 1.64. The van der Waals surface area contributed by atoms with Gasteiger partial charge in [0, 0.05) is 5.92 Å². The van der Waals surface area contributed by atoms with Gasteiger partial charge < -0.3 is 9.47 Å². The van der Waals surface area contributed by atoms with Crippen molar-refractivity contribution in [3.8, 4) is 0 Å². The standard InChI is InChI=1S/C10H14O4S/c1-5-7(9(11)13-3)6(2)15-8(5)10(12)14-4/h5,8H,1-4H3. The fourth-order valence-corrected chi connectivity index (χ4v) is 2.95. The van der Waals surface area contributed by atoms with E-state index < -0.39 is 0 Å². The van der Waals surface area contributed by atoms with E-state index in [2.05, 4.69) is 9.47 Å². The lowest BCUT2D eigenvalue weighted by Gasteiger charge is -2.13. The highest BCUT2D eigenvalue weighted by Gasteiger charge is 2.39. The molecule has 1 aliphatic heterocycles. The Kier molecular flexibility index (Phi) is 3.79. The van der Waals surface area contributed by atoms with Crippen LogP contribution in [0.2, 0.25) is 0 Å². The van der Waals surface area contributed by atoms with Gasteiger partial charge in [0.05, 0.1) is 19.8 Å². The molecule has 0 aromatic carbocycles. The highest BCUT2D eigenvalue weighted by Crippen LogP contribution is 2.42. The zero-order chi connectivity index (χ0) is 11.6. The minimum Gasteiger partial charge on any atom is -0.468 e. The second-order valence-electron chi connectivity index (χ2n) is 3.31. The molecule has 5 heteroatoms. The summed E-state index contributed by atoms with van der Waals surface area (Å²) >= 11 is 1.36. The second kappa shape index (κ2) is 4.70. The van der Waals surface area contributed by atoms with Crippen LogP contribution in [0.3, 0.4) is 0 Å². The lowest BCUT2D eigenvalue weighted by Crippen LogP contribution is -2.26. The van der Waals surface area contributed by atoms with E-state index in [1.807, 2.05) is 13.8 Å². The molecule has 0 bridgehead atoms. The first-order valence-electron chi connectivity index (χ1n) is 4.56. The lowest BCUT2D eigenvalue weighted by atomic mass is 9.97. The lowest BCUT2D eigenvalue weighted by molar-refractivity contribution is -0.140. The van der Waals surface area contributed by atoms with Gasteiger partial charge in [-0.2, -0.15) is 0 Å². The Morgan fingerprint density at radius 3 is 2.33 bits per heavy atom. The van der Waals surface area contributed by atoms with E-state index in [9.17, 15) is 9.59 Å². The van der Waals surface area contributed by atoms with Crippen LogP contribution in [0.1, 0.15) is 13.8 Å². The Morgan fingerprint density at radius 1 is 1.27 bits per heavy atom. The Morgan fingerprint density at radius 2 is 1.87 bits per heavy atom. The summed E-state index contributed by atoms with van der Waals surface area (Å²) in [7, 11) is 2.69. The van der Waals surface area contributed by atoms with E-state index in [1.165, 1.54) is 26.0 Å². The summed E-state index contributed by atoms with van der Waals surface area (Å²) in [5, 5.41) is -0.330. The van der Waals surface area contributed by atoms with Crippen LogP contribution < -0.4 is 0 Å². The molecule has 0 saturated heterocycles. The third-order valence-electron chi connectivity index (χ3n) is 2.43. The number of ether oxygens (including phenoxy) is 2. The monoisotopic (exact) mass is 230 g/mol. The predicted molar refractivity (Wildman–Crippen MR) is 57.3 cm³/mol. The summed E-state index contributed by atoms with van der Waals surface area (Å²) in [5.41, 5.74) is 0.581. The van der Waals surface area contributed by atoms with Crippen molar-refractivity contribution in [3.05, 3.63) is 10.5 Å². The maximum Gasteiger partial charge on any atom is 0.334 e. The third kappa shape index (κ3) is 2.17. The molecular formula is C10H14O4S. The molecule has 15 heavy (non-hydrogen) atoms. The van der Waals surface area contributed by atoms with Crippen molar-refractivity contribution in [2.24, 2.45) is 5.92 Å². The number of allylic oxidation sites excluding steroid dienone is 1. The van der Waals surface area contributed by atoms with E-state index >= 15 is 0 Å². The molecule has 0 amide bonds. The van der Waals surface area contributed by atoms with E-state index in [4.69, 9.17) is 0 Å². The van der Waals surface area contributed by atoms with Gasteiger partial charge in [0.15, 0.2) is 0 Å². The highest BCUT2D eigenvalue weighted by atomic mass is 32.2. The SMILES string of the molecule is COC(=O)C1=C(C)SC(C(=O)OC)C1C. The Labute approximate surface area is 93.0 Å². The van der Waals surface area contributed by atoms with Crippen molar-refractivity contribution in [2.75, 3.05) is 14.2 Å². The third-order valence-corrected chi connectivity index (χ3v) is 3.86. The Balaban J connectivity index is 2.88. The molecular weight excluding hydrogens is 216 g/mol. The molecule has 0 radical (unpaired) electrons. The van der Waals surface area contributed by atoms with Crippen molar-refractivity contribution in [1.29, 1.82) is 0 Å². The molecule has 0 N–H and O–H groups in total. The summed E-state index contributed by atoms with van der Waals surface area (Å²) in [6.45, 7) is 3.65. The summed E-state index contributed by atoms with van der Waals surface area (Å²) in [5.74, 6) is -0.820. The molecule has 2 atom stereocenters. The molecule has 84 valence electrons. The fraction of sp³-hybridized carbons (Fsp3) is 0.600. The molecule has 0 aromatic heterocycles. The molecule has 0 spiro atoms. The smallest absolute Gasteiger partial charge is 0.334 e. The normalized spacial score (nSPS) is 25.3. The summed E-state index contributed by atoms with van der Waals surface area (Å²) in [4.78, 5) is 23.7.